The van der Waals surface area contributed by atoms with E-state index in [9.17, 15) is 0 Å². The largest absolute Gasteiger partial charge is 0.315 e. The first-order valence-corrected chi connectivity index (χ1v) is 8.40. The number of quaternary nitrogens is 1. The highest BCUT2D eigenvalue weighted by Crippen LogP contribution is 2.23. The highest BCUT2D eigenvalue weighted by Gasteiger charge is 2.33. The second-order valence-corrected chi connectivity index (χ2v) is 6.76. The summed E-state index contributed by atoms with van der Waals surface area (Å²) in [5.74, 6) is 0. The summed E-state index contributed by atoms with van der Waals surface area (Å²) in [6.45, 7) is 14.6. The van der Waals surface area contributed by atoms with Crippen molar-refractivity contribution in [2.75, 3.05) is 6.54 Å². The molecule has 0 aliphatic carbocycles. The van der Waals surface area contributed by atoms with Crippen LogP contribution >= 0.6 is 0 Å². The topological polar surface area (TPSA) is 17.8 Å². The molecule has 2 rings (SSSR count). The summed E-state index contributed by atoms with van der Waals surface area (Å²) in [5, 5.41) is 4.80. The monoisotopic (exact) mass is 300 g/mol. The second-order valence-electron chi connectivity index (χ2n) is 6.76. The van der Waals surface area contributed by atoms with E-state index >= 15 is 0 Å². The smallest absolute Gasteiger partial charge is 0.124 e. The van der Waals surface area contributed by atoms with Gasteiger partial charge in [0.05, 0.1) is 25.2 Å². The van der Waals surface area contributed by atoms with E-state index < -0.39 is 0 Å². The molecule has 0 aliphatic rings. The third-order valence-electron chi connectivity index (χ3n) is 4.99. The van der Waals surface area contributed by atoms with Crippen LogP contribution in [0.3, 0.4) is 0 Å². The number of benzene rings is 1. The van der Waals surface area contributed by atoms with Crippen molar-refractivity contribution in [2.45, 2.75) is 59.8 Å². The summed E-state index contributed by atoms with van der Waals surface area (Å²) in [7, 11) is 0. The third kappa shape index (κ3) is 3.58. The molecule has 1 aromatic heterocycles. The number of aromatic nitrogens is 2. The predicted molar refractivity (Wildman–Crippen MR) is 92.5 cm³/mol. The van der Waals surface area contributed by atoms with E-state index in [0.29, 0.717) is 12.1 Å². The molecule has 3 heteroatoms. The van der Waals surface area contributed by atoms with Crippen molar-refractivity contribution in [3.63, 3.8) is 0 Å². The average molecular weight is 300 g/mol. The van der Waals surface area contributed by atoms with Crippen LogP contribution in [0.1, 0.15) is 45.9 Å². The van der Waals surface area contributed by atoms with Crippen molar-refractivity contribution in [2.24, 2.45) is 0 Å². The van der Waals surface area contributed by atoms with Crippen molar-refractivity contribution in [1.82, 2.24) is 9.78 Å². The first-order chi connectivity index (χ1) is 10.5. The molecule has 0 unspecified atom stereocenters. The van der Waals surface area contributed by atoms with Crippen LogP contribution in [-0.4, -0.2) is 32.9 Å². The van der Waals surface area contributed by atoms with Gasteiger partial charge in [0.1, 0.15) is 12.2 Å². The zero-order valence-electron chi connectivity index (χ0n) is 14.7. The molecule has 1 aromatic carbocycles. The molecule has 0 amide bonds. The van der Waals surface area contributed by atoms with Crippen molar-refractivity contribution in [1.29, 1.82) is 0 Å². The Labute approximate surface area is 135 Å². The SMILES string of the molecule is CC[N+](Cc1ccn(Cc2ccccc2)n1)(C(C)C)C(C)C. The second kappa shape index (κ2) is 7.10. The lowest BCUT2D eigenvalue weighted by Gasteiger charge is -2.45. The highest BCUT2D eigenvalue weighted by molar-refractivity contribution is 5.15. The first-order valence-electron chi connectivity index (χ1n) is 8.40. The van der Waals surface area contributed by atoms with Crippen LogP contribution in [0, 0.1) is 0 Å². The van der Waals surface area contributed by atoms with Gasteiger partial charge in [-0.3, -0.25) is 4.68 Å². The van der Waals surface area contributed by atoms with E-state index in [1.165, 1.54) is 11.3 Å². The Morgan fingerprint density at radius 2 is 1.64 bits per heavy atom. The van der Waals surface area contributed by atoms with Crippen molar-refractivity contribution >= 4 is 0 Å². The zero-order chi connectivity index (χ0) is 16.2. The fraction of sp³-hybridized carbons (Fsp3) is 0.526. The van der Waals surface area contributed by atoms with Crippen LogP contribution in [-0.2, 0) is 13.1 Å². The molecule has 0 aliphatic heterocycles. The number of hydrogen-bond acceptors (Lipinski definition) is 1. The molecule has 0 spiro atoms. The Hall–Kier alpha value is -1.61. The summed E-state index contributed by atoms with van der Waals surface area (Å²) < 4.78 is 3.14. The Morgan fingerprint density at radius 3 is 2.18 bits per heavy atom. The van der Waals surface area contributed by atoms with E-state index in [1.54, 1.807) is 0 Å². The third-order valence-corrected chi connectivity index (χ3v) is 4.99. The summed E-state index contributed by atoms with van der Waals surface area (Å²) in [5.41, 5.74) is 2.49. The maximum atomic E-state index is 4.80. The van der Waals surface area contributed by atoms with E-state index in [0.717, 1.165) is 24.1 Å². The van der Waals surface area contributed by atoms with Gasteiger partial charge in [-0.05, 0) is 46.2 Å². The Kier molecular flexibility index (Phi) is 5.41. The van der Waals surface area contributed by atoms with E-state index in [2.05, 4.69) is 81.9 Å². The average Bonchev–Trinajstić information content (AvgIpc) is 2.92. The minimum atomic E-state index is 0.601. The Balaban J connectivity index is 2.14. The molecule has 0 saturated carbocycles. The zero-order valence-corrected chi connectivity index (χ0v) is 14.7. The van der Waals surface area contributed by atoms with Crippen molar-refractivity contribution in [3.8, 4) is 0 Å². The fourth-order valence-electron chi connectivity index (χ4n) is 3.45. The van der Waals surface area contributed by atoms with Crippen molar-refractivity contribution in [3.05, 3.63) is 53.9 Å². The van der Waals surface area contributed by atoms with Crippen molar-refractivity contribution < 1.29 is 4.48 Å². The van der Waals surface area contributed by atoms with E-state index in [4.69, 9.17) is 5.10 Å². The van der Waals surface area contributed by atoms with Crippen LogP contribution in [0.5, 0.6) is 0 Å². The number of nitrogens with zero attached hydrogens (tertiary/aromatic N) is 3. The van der Waals surface area contributed by atoms with Gasteiger partial charge in [0.25, 0.3) is 0 Å². The summed E-state index contributed by atoms with van der Waals surface area (Å²) in [6, 6.07) is 13.9. The first kappa shape index (κ1) is 16.8. The Morgan fingerprint density at radius 1 is 1.00 bits per heavy atom. The van der Waals surface area contributed by atoms with Gasteiger partial charge < -0.3 is 4.48 Å². The molecule has 0 radical (unpaired) electrons. The maximum Gasteiger partial charge on any atom is 0.124 e. The van der Waals surface area contributed by atoms with Crippen LogP contribution in [0.4, 0.5) is 0 Å². The van der Waals surface area contributed by atoms with Gasteiger partial charge in [-0.25, -0.2) is 0 Å². The minimum Gasteiger partial charge on any atom is -0.315 e. The van der Waals surface area contributed by atoms with Gasteiger partial charge in [-0.15, -0.1) is 0 Å². The summed E-state index contributed by atoms with van der Waals surface area (Å²) in [4.78, 5) is 0. The Bertz CT molecular complexity index is 561. The minimum absolute atomic E-state index is 0.601. The van der Waals surface area contributed by atoms with E-state index in [1.807, 2.05) is 0 Å². The van der Waals surface area contributed by atoms with Gasteiger partial charge in [0.2, 0.25) is 0 Å². The van der Waals surface area contributed by atoms with Gasteiger partial charge in [-0.1, -0.05) is 30.3 Å². The lowest BCUT2D eigenvalue weighted by atomic mass is 10.1. The molecule has 0 saturated heterocycles. The summed E-state index contributed by atoms with van der Waals surface area (Å²) in [6.07, 6.45) is 2.10. The molecule has 2 aromatic rings. The maximum absolute atomic E-state index is 4.80. The molecule has 0 fully saturated rings. The molecule has 1 heterocycles. The number of hydrogen-bond donors (Lipinski definition) is 0. The van der Waals surface area contributed by atoms with Crippen LogP contribution < -0.4 is 0 Å². The molecule has 3 nitrogen and oxygen atoms in total. The van der Waals surface area contributed by atoms with Gasteiger partial charge >= 0.3 is 0 Å². The quantitative estimate of drug-likeness (QED) is 0.704. The molecule has 0 N–H and O–H groups in total. The molecule has 0 bridgehead atoms. The van der Waals surface area contributed by atoms with Crippen LogP contribution in [0.25, 0.3) is 0 Å². The van der Waals surface area contributed by atoms with E-state index in [-0.39, 0.29) is 0 Å². The standard InChI is InChI=1S/C19H30N3/c1-6-22(16(2)3,17(4)5)15-19-12-13-21(20-19)14-18-10-8-7-9-11-18/h7-13,16-17H,6,14-15H2,1-5H3/q+1. The lowest BCUT2D eigenvalue weighted by Crippen LogP contribution is -2.56. The molecule has 120 valence electrons. The van der Waals surface area contributed by atoms with Gasteiger partial charge in [0, 0.05) is 6.20 Å². The highest BCUT2D eigenvalue weighted by atomic mass is 15.4. The van der Waals surface area contributed by atoms with Gasteiger partial charge in [-0.2, -0.15) is 5.10 Å². The molecular formula is C19H30N3+. The predicted octanol–water partition coefficient (Wildman–Crippen LogP) is 4.08. The molecular weight excluding hydrogens is 270 g/mol. The summed E-state index contributed by atoms with van der Waals surface area (Å²) >= 11 is 0. The number of rotatable bonds is 7. The molecule has 0 atom stereocenters. The normalized spacial score (nSPS) is 12.3. The lowest BCUT2D eigenvalue weighted by molar-refractivity contribution is -0.977. The van der Waals surface area contributed by atoms with Crippen LogP contribution in [0.2, 0.25) is 0 Å². The van der Waals surface area contributed by atoms with Crippen LogP contribution in [0.15, 0.2) is 42.6 Å². The van der Waals surface area contributed by atoms with Gasteiger partial charge in [0.15, 0.2) is 0 Å². The molecule has 22 heavy (non-hydrogen) atoms. The fourth-order valence-corrected chi connectivity index (χ4v) is 3.45.